The number of carbonyl (C=O) groups excluding carboxylic acids is 1. The molecule has 0 aliphatic rings. The third-order valence-corrected chi connectivity index (χ3v) is 5.87. The van der Waals surface area contributed by atoms with Crippen LogP contribution in [0.3, 0.4) is 0 Å². The van der Waals surface area contributed by atoms with Crippen molar-refractivity contribution in [3.63, 3.8) is 0 Å². The molecule has 0 saturated carbocycles. The maximum absolute atomic E-state index is 12.1. The summed E-state index contributed by atoms with van der Waals surface area (Å²) in [5.41, 5.74) is 3.80. The Kier molecular flexibility index (Phi) is 5.90. The molecule has 23 heavy (non-hydrogen) atoms. The van der Waals surface area contributed by atoms with E-state index in [1.54, 1.807) is 12.6 Å². The van der Waals surface area contributed by atoms with Crippen LogP contribution in [0, 0.1) is 0 Å². The molecule has 0 saturated heterocycles. The summed E-state index contributed by atoms with van der Waals surface area (Å²) >= 11 is 1.28. The summed E-state index contributed by atoms with van der Waals surface area (Å²) in [6.07, 6.45) is 2.48. The van der Waals surface area contributed by atoms with E-state index in [1.165, 1.54) is 28.0 Å². The zero-order valence-electron chi connectivity index (χ0n) is 13.2. The number of thiazole rings is 1. The number of hydrogen-bond acceptors (Lipinski definition) is 5. The third kappa shape index (κ3) is 5.44. The second kappa shape index (κ2) is 7.70. The van der Waals surface area contributed by atoms with Crippen LogP contribution in [0.5, 0.6) is 0 Å². The van der Waals surface area contributed by atoms with E-state index in [9.17, 15) is 13.2 Å². The van der Waals surface area contributed by atoms with Gasteiger partial charge in [-0.2, -0.15) is 0 Å². The fourth-order valence-electron chi connectivity index (χ4n) is 2.12. The first-order valence-corrected chi connectivity index (χ1v) is 9.99. The largest absolute Gasteiger partial charge is 0.341 e. The Morgan fingerprint density at radius 2 is 1.87 bits per heavy atom. The van der Waals surface area contributed by atoms with Crippen molar-refractivity contribution in [2.24, 2.45) is 0 Å². The van der Waals surface area contributed by atoms with Crippen molar-refractivity contribution < 1.29 is 13.2 Å². The van der Waals surface area contributed by atoms with Crippen LogP contribution in [0.1, 0.15) is 22.9 Å². The Bertz CT molecular complexity index is 738. The van der Waals surface area contributed by atoms with Crippen LogP contribution >= 0.6 is 11.3 Å². The lowest BCUT2D eigenvalue weighted by Gasteiger charge is -2.17. The lowest BCUT2D eigenvalue weighted by molar-refractivity contribution is -0.127. The van der Waals surface area contributed by atoms with Crippen LogP contribution in [0.25, 0.3) is 0 Å². The number of benzene rings is 1. The average Bonchev–Trinajstić information content (AvgIpc) is 2.99. The summed E-state index contributed by atoms with van der Waals surface area (Å²) in [4.78, 5) is 18.1. The van der Waals surface area contributed by atoms with Gasteiger partial charge in [0.15, 0.2) is 9.84 Å². The Morgan fingerprint density at radius 3 is 2.43 bits per heavy atom. The fourth-order valence-corrected chi connectivity index (χ4v) is 4.52. The molecule has 1 amide bonds. The SMILES string of the molecule is CCc1ccc(CN(C)C(=O)CS(=O)(=O)Cc2cncs2)cc1. The number of amides is 1. The van der Waals surface area contributed by atoms with E-state index in [4.69, 9.17) is 0 Å². The van der Waals surface area contributed by atoms with E-state index in [0.29, 0.717) is 11.4 Å². The van der Waals surface area contributed by atoms with Crippen molar-refractivity contribution >= 4 is 27.1 Å². The van der Waals surface area contributed by atoms with Gasteiger partial charge in [-0.05, 0) is 17.5 Å². The predicted octanol–water partition coefficient (Wildman–Crippen LogP) is 2.28. The van der Waals surface area contributed by atoms with Crippen molar-refractivity contribution in [3.8, 4) is 0 Å². The van der Waals surface area contributed by atoms with Crippen LogP contribution in [-0.2, 0) is 33.4 Å². The summed E-state index contributed by atoms with van der Waals surface area (Å²) < 4.78 is 24.2. The van der Waals surface area contributed by atoms with Gasteiger partial charge in [-0.25, -0.2) is 8.42 Å². The minimum atomic E-state index is -3.47. The smallest absolute Gasteiger partial charge is 0.237 e. The molecule has 2 rings (SSSR count). The van der Waals surface area contributed by atoms with Gasteiger partial charge in [0.1, 0.15) is 5.75 Å². The van der Waals surface area contributed by atoms with Crippen LogP contribution in [0.15, 0.2) is 36.0 Å². The standard InChI is InChI=1S/C16H20N2O3S2/c1-3-13-4-6-14(7-5-13)9-18(2)16(19)11-23(20,21)10-15-8-17-12-22-15/h4-8,12H,3,9-11H2,1-2H3. The molecule has 1 aromatic heterocycles. The molecule has 0 N–H and O–H groups in total. The van der Waals surface area contributed by atoms with Crippen LogP contribution in [0.2, 0.25) is 0 Å². The van der Waals surface area contributed by atoms with E-state index in [2.05, 4.69) is 11.9 Å². The first-order valence-electron chi connectivity index (χ1n) is 7.29. The number of nitrogens with zero attached hydrogens (tertiary/aromatic N) is 2. The molecule has 0 atom stereocenters. The second-order valence-corrected chi connectivity index (χ2v) is 8.46. The number of carbonyl (C=O) groups is 1. The Balaban J connectivity index is 1.93. The molecule has 1 heterocycles. The monoisotopic (exact) mass is 352 g/mol. The molecular weight excluding hydrogens is 332 g/mol. The molecule has 2 aromatic rings. The predicted molar refractivity (Wildman–Crippen MR) is 91.9 cm³/mol. The number of aryl methyl sites for hydroxylation is 1. The van der Waals surface area contributed by atoms with E-state index < -0.39 is 21.5 Å². The molecule has 0 bridgehead atoms. The molecule has 5 nitrogen and oxygen atoms in total. The highest BCUT2D eigenvalue weighted by Gasteiger charge is 2.21. The molecule has 0 spiro atoms. The van der Waals surface area contributed by atoms with Crippen LogP contribution in [0.4, 0.5) is 0 Å². The highest BCUT2D eigenvalue weighted by atomic mass is 32.2. The van der Waals surface area contributed by atoms with Crippen LogP contribution in [-0.4, -0.2) is 37.0 Å². The Hall–Kier alpha value is -1.73. The van der Waals surface area contributed by atoms with Gasteiger partial charge in [-0.15, -0.1) is 11.3 Å². The number of aromatic nitrogens is 1. The van der Waals surface area contributed by atoms with Crippen molar-refractivity contribution in [1.82, 2.24) is 9.88 Å². The Labute approximate surface area is 140 Å². The summed E-state index contributed by atoms with van der Waals surface area (Å²) in [5, 5.41) is 0. The van der Waals surface area contributed by atoms with Gasteiger partial charge in [-0.3, -0.25) is 9.78 Å². The molecule has 7 heteroatoms. The number of hydrogen-bond donors (Lipinski definition) is 0. The molecule has 0 aliphatic heterocycles. The normalized spacial score (nSPS) is 11.4. The van der Waals surface area contributed by atoms with Gasteiger partial charge in [0.05, 0.1) is 11.3 Å². The van der Waals surface area contributed by atoms with E-state index >= 15 is 0 Å². The lowest BCUT2D eigenvalue weighted by Crippen LogP contribution is -2.32. The minimum Gasteiger partial charge on any atom is -0.341 e. The second-order valence-electron chi connectivity index (χ2n) is 5.42. The van der Waals surface area contributed by atoms with Crippen molar-refractivity contribution in [1.29, 1.82) is 0 Å². The van der Waals surface area contributed by atoms with Crippen molar-refractivity contribution in [2.75, 3.05) is 12.8 Å². The zero-order valence-corrected chi connectivity index (χ0v) is 14.9. The first kappa shape index (κ1) is 17.6. The zero-order chi connectivity index (χ0) is 16.9. The molecule has 0 fully saturated rings. The highest BCUT2D eigenvalue weighted by molar-refractivity contribution is 7.91. The number of rotatable bonds is 7. The molecule has 124 valence electrons. The quantitative estimate of drug-likeness (QED) is 0.767. The molecule has 0 unspecified atom stereocenters. The van der Waals surface area contributed by atoms with E-state index in [0.717, 1.165) is 12.0 Å². The van der Waals surface area contributed by atoms with Crippen LogP contribution < -0.4 is 0 Å². The maximum Gasteiger partial charge on any atom is 0.237 e. The minimum absolute atomic E-state index is 0.136. The number of sulfone groups is 1. The van der Waals surface area contributed by atoms with Crippen molar-refractivity contribution in [3.05, 3.63) is 52.0 Å². The van der Waals surface area contributed by atoms with Gasteiger partial charge >= 0.3 is 0 Å². The fraction of sp³-hybridized carbons (Fsp3) is 0.375. The molecule has 0 aliphatic carbocycles. The Morgan fingerprint density at radius 1 is 1.22 bits per heavy atom. The van der Waals surface area contributed by atoms with Crippen molar-refractivity contribution in [2.45, 2.75) is 25.6 Å². The maximum atomic E-state index is 12.1. The summed E-state index contributed by atoms with van der Waals surface area (Å²) in [6.45, 7) is 2.48. The third-order valence-electron chi connectivity index (χ3n) is 3.47. The van der Waals surface area contributed by atoms with Gasteiger partial charge in [0, 0.05) is 24.7 Å². The van der Waals surface area contributed by atoms with E-state index in [-0.39, 0.29) is 5.75 Å². The summed E-state index contributed by atoms with van der Waals surface area (Å²) in [5.74, 6) is -1.01. The molecular formula is C16H20N2O3S2. The summed E-state index contributed by atoms with van der Waals surface area (Å²) in [7, 11) is -1.85. The average molecular weight is 352 g/mol. The lowest BCUT2D eigenvalue weighted by atomic mass is 10.1. The van der Waals surface area contributed by atoms with Gasteiger partial charge in [0.2, 0.25) is 5.91 Å². The summed E-state index contributed by atoms with van der Waals surface area (Å²) in [6, 6.07) is 7.98. The van der Waals surface area contributed by atoms with E-state index in [1.807, 2.05) is 24.3 Å². The first-order chi connectivity index (χ1) is 10.9. The van der Waals surface area contributed by atoms with Gasteiger partial charge in [0.25, 0.3) is 0 Å². The highest BCUT2D eigenvalue weighted by Crippen LogP contribution is 2.12. The molecule has 0 radical (unpaired) electrons. The topological polar surface area (TPSA) is 67.3 Å². The van der Waals surface area contributed by atoms with Gasteiger partial charge in [-0.1, -0.05) is 31.2 Å². The molecule has 1 aromatic carbocycles. The van der Waals surface area contributed by atoms with Gasteiger partial charge < -0.3 is 4.90 Å².